The van der Waals surface area contributed by atoms with E-state index >= 15 is 0 Å². The summed E-state index contributed by atoms with van der Waals surface area (Å²) in [6, 6.07) is 62.2. The molecule has 0 saturated heterocycles. The second-order valence-corrected chi connectivity index (χ2v) is 43.0. The molecule has 0 bridgehead atoms. The number of fused-ring (bicyclic) bond motifs is 2. The Morgan fingerprint density at radius 3 is 0.812 bits per heavy atom. The Bertz CT molecular complexity index is 3180. The number of hydrogen-bond acceptors (Lipinski definition) is 0. The maximum absolute atomic E-state index is 2.58. The molecular formula is C60H62Si4. The first-order valence-corrected chi connectivity index (χ1v) is 37.3. The van der Waals surface area contributed by atoms with Crippen LogP contribution in [0.2, 0.25) is 78.6 Å². The minimum Gasteiger partial charge on any atom is -0.0656 e. The van der Waals surface area contributed by atoms with Crippen molar-refractivity contribution >= 4 is 107 Å². The number of rotatable bonds is 8. The van der Waals surface area contributed by atoms with Gasteiger partial charge in [0.25, 0.3) is 0 Å². The highest BCUT2D eigenvalue weighted by Crippen LogP contribution is 2.49. The minimum absolute atomic E-state index is 1.27. The van der Waals surface area contributed by atoms with E-state index in [1.807, 2.05) is 0 Å². The van der Waals surface area contributed by atoms with Gasteiger partial charge < -0.3 is 0 Å². The van der Waals surface area contributed by atoms with Gasteiger partial charge in [-0.05, 0) is 123 Å². The molecular weight excluding hydrogens is 833 g/mol. The van der Waals surface area contributed by atoms with Gasteiger partial charge in [0, 0.05) is 0 Å². The van der Waals surface area contributed by atoms with E-state index in [4.69, 9.17) is 0 Å². The molecule has 318 valence electrons. The largest absolute Gasteiger partial charge is 0.0776 e. The quantitative estimate of drug-likeness (QED) is 0.105. The Morgan fingerprint density at radius 2 is 0.516 bits per heavy atom. The van der Waals surface area contributed by atoms with Gasteiger partial charge in [0.1, 0.15) is 0 Å². The van der Waals surface area contributed by atoms with E-state index in [-0.39, 0.29) is 0 Å². The van der Waals surface area contributed by atoms with Crippen LogP contribution in [0.5, 0.6) is 0 Å². The van der Waals surface area contributed by atoms with Crippen molar-refractivity contribution in [1.29, 1.82) is 0 Å². The molecule has 10 aromatic rings. The molecule has 0 nitrogen and oxygen atoms in total. The average Bonchev–Trinajstić information content (AvgIpc) is 3.26. The molecule has 4 heteroatoms. The summed E-state index contributed by atoms with van der Waals surface area (Å²) in [5.74, 6) is 0. The highest BCUT2D eigenvalue weighted by Gasteiger charge is 2.28. The van der Waals surface area contributed by atoms with E-state index in [1.54, 1.807) is 20.7 Å². The van der Waals surface area contributed by atoms with Crippen molar-refractivity contribution < 1.29 is 0 Å². The van der Waals surface area contributed by atoms with Crippen molar-refractivity contribution in [3.8, 4) is 44.5 Å². The van der Waals surface area contributed by atoms with Crippen molar-refractivity contribution in [3.05, 3.63) is 158 Å². The van der Waals surface area contributed by atoms with E-state index in [2.05, 4.69) is 236 Å². The molecule has 0 heterocycles. The molecule has 0 N–H and O–H groups in total. The summed E-state index contributed by atoms with van der Waals surface area (Å²) in [5.41, 5.74) is 10.5. The summed E-state index contributed by atoms with van der Waals surface area (Å²) >= 11 is 0. The lowest BCUT2D eigenvalue weighted by Crippen LogP contribution is -2.45. The molecule has 0 unspecified atom stereocenters. The fraction of sp³-hybridized carbons (Fsp3) is 0.200. The molecule has 0 atom stereocenters. The molecule has 0 saturated carbocycles. The molecule has 0 amide bonds. The van der Waals surface area contributed by atoms with Crippen molar-refractivity contribution in [2.24, 2.45) is 0 Å². The van der Waals surface area contributed by atoms with Crippen LogP contribution in [0.1, 0.15) is 0 Å². The van der Waals surface area contributed by atoms with Crippen molar-refractivity contribution in [3.63, 3.8) is 0 Å². The van der Waals surface area contributed by atoms with Crippen molar-refractivity contribution in [2.75, 3.05) is 0 Å². The first kappa shape index (κ1) is 42.6. The SMILES string of the molecule is C[Si](C)(C)c1cc(-c2cc(-c3ccc4ccccc4c3)c3ccc4c(-c5cc([Si](C)(C)C)cc([Si](C)(C)C)c5)cc(-c5ccc6ccccc6c5)c5ccc2c3c45)cc([Si](C)(C)C)c1. The third-order valence-corrected chi connectivity index (χ3v) is 22.1. The zero-order chi connectivity index (χ0) is 45.1. The van der Waals surface area contributed by atoms with Crippen LogP contribution >= 0.6 is 0 Å². The molecule has 0 radical (unpaired) electrons. The van der Waals surface area contributed by atoms with Crippen LogP contribution in [-0.4, -0.2) is 32.3 Å². The lowest BCUT2D eigenvalue weighted by Gasteiger charge is -2.26. The third-order valence-electron chi connectivity index (χ3n) is 14.0. The zero-order valence-electron chi connectivity index (χ0n) is 40.0. The minimum atomic E-state index is -1.67. The standard InChI is InChI=1S/C60H62Si4/c1-61(2,3)47-31-45(32-48(35-47)62(4,5)6)57-37-55(43-23-21-39-17-13-15-19-41(39)29-43)51-26-28-54-58(46-33-49(63(7,8)9)36-50(34-46)64(10,11)12)38-56(52-25-27-53(57)59(51)60(52)54)44-24-22-40-18-14-16-20-42(40)30-44/h13-38H,1-12H3. The monoisotopic (exact) mass is 894 g/mol. The fourth-order valence-electron chi connectivity index (χ4n) is 9.96. The molecule has 0 aromatic heterocycles. The fourth-order valence-corrected chi connectivity index (χ4v) is 15.0. The van der Waals surface area contributed by atoms with Crippen LogP contribution in [-0.2, 0) is 0 Å². The average molecular weight is 895 g/mol. The lowest BCUT2D eigenvalue weighted by molar-refractivity contribution is 1.62. The van der Waals surface area contributed by atoms with Crippen LogP contribution in [0, 0.1) is 0 Å². The number of benzene rings is 10. The molecule has 0 fully saturated rings. The lowest BCUT2D eigenvalue weighted by atomic mass is 9.81. The second-order valence-electron chi connectivity index (χ2n) is 22.7. The van der Waals surface area contributed by atoms with Gasteiger partial charge >= 0.3 is 0 Å². The van der Waals surface area contributed by atoms with Gasteiger partial charge in [-0.1, -0.05) is 233 Å². The zero-order valence-corrected chi connectivity index (χ0v) is 44.0. The van der Waals surface area contributed by atoms with Crippen LogP contribution in [0.4, 0.5) is 0 Å². The van der Waals surface area contributed by atoms with Gasteiger partial charge in [0.05, 0.1) is 32.3 Å². The molecule has 0 spiro atoms. The highest BCUT2D eigenvalue weighted by molar-refractivity contribution is 6.92. The predicted molar refractivity (Wildman–Crippen MR) is 299 cm³/mol. The third kappa shape index (κ3) is 7.52. The summed E-state index contributed by atoms with van der Waals surface area (Å²) in [6.07, 6.45) is 0. The van der Waals surface area contributed by atoms with Crippen molar-refractivity contribution in [1.82, 2.24) is 0 Å². The Labute approximate surface area is 385 Å². The van der Waals surface area contributed by atoms with Gasteiger partial charge in [-0.25, -0.2) is 0 Å². The van der Waals surface area contributed by atoms with Crippen LogP contribution in [0.15, 0.2) is 158 Å². The molecule has 10 rings (SSSR count). The summed E-state index contributed by atoms with van der Waals surface area (Å²) in [4.78, 5) is 0. The van der Waals surface area contributed by atoms with E-state index in [1.165, 1.54) is 98.4 Å². The summed E-state index contributed by atoms with van der Waals surface area (Å²) < 4.78 is 0. The maximum Gasteiger partial charge on any atom is 0.0776 e. The highest BCUT2D eigenvalue weighted by atomic mass is 28.3. The Morgan fingerprint density at radius 1 is 0.234 bits per heavy atom. The van der Waals surface area contributed by atoms with E-state index in [0.29, 0.717) is 0 Å². The van der Waals surface area contributed by atoms with E-state index in [9.17, 15) is 0 Å². The number of hydrogen-bond donors (Lipinski definition) is 0. The molecule has 0 aliphatic heterocycles. The summed E-state index contributed by atoms with van der Waals surface area (Å²) in [5, 5.41) is 19.3. The predicted octanol–water partition coefficient (Wildman–Crippen LogP) is 15.7. The molecule has 0 aliphatic carbocycles. The van der Waals surface area contributed by atoms with Crippen LogP contribution in [0.3, 0.4) is 0 Å². The Balaban J connectivity index is 1.39. The molecule has 10 aromatic carbocycles. The molecule has 0 aliphatic rings. The Kier molecular flexibility index (Phi) is 10.0. The Hall–Kier alpha value is -5.37. The second kappa shape index (κ2) is 15.1. The first-order chi connectivity index (χ1) is 30.2. The summed E-state index contributed by atoms with van der Waals surface area (Å²) in [7, 11) is -6.66. The van der Waals surface area contributed by atoms with Crippen molar-refractivity contribution in [2.45, 2.75) is 78.6 Å². The normalized spacial score (nSPS) is 13.0. The van der Waals surface area contributed by atoms with Gasteiger partial charge in [-0.15, -0.1) is 0 Å². The maximum atomic E-state index is 2.58. The van der Waals surface area contributed by atoms with Crippen LogP contribution in [0.25, 0.3) is 98.4 Å². The summed E-state index contributed by atoms with van der Waals surface area (Å²) in [6.45, 7) is 30.1. The smallest absolute Gasteiger partial charge is 0.0656 e. The van der Waals surface area contributed by atoms with Gasteiger partial charge in [0.15, 0.2) is 0 Å². The van der Waals surface area contributed by atoms with Crippen LogP contribution < -0.4 is 20.7 Å². The van der Waals surface area contributed by atoms with E-state index in [0.717, 1.165) is 0 Å². The molecule has 64 heavy (non-hydrogen) atoms. The van der Waals surface area contributed by atoms with E-state index < -0.39 is 32.3 Å². The van der Waals surface area contributed by atoms with Gasteiger partial charge in [-0.3, -0.25) is 0 Å². The van der Waals surface area contributed by atoms with Gasteiger partial charge in [0.2, 0.25) is 0 Å². The van der Waals surface area contributed by atoms with Gasteiger partial charge in [-0.2, -0.15) is 0 Å². The first-order valence-electron chi connectivity index (χ1n) is 23.3. The topological polar surface area (TPSA) is 0 Å².